The molecule has 154 valence electrons. The number of hydrogen-bond acceptors (Lipinski definition) is 5. The number of nitrogens with zero attached hydrogens (tertiary/aromatic N) is 1. The van der Waals surface area contributed by atoms with Crippen LogP contribution in [0.4, 0.5) is 0 Å². The van der Waals surface area contributed by atoms with E-state index in [0.717, 1.165) is 42.1 Å². The molecular formula is C24H29NO4. The van der Waals surface area contributed by atoms with Crippen molar-refractivity contribution >= 4 is 11.1 Å². The minimum absolute atomic E-state index is 0.158. The molecule has 29 heavy (non-hydrogen) atoms. The Morgan fingerprint density at radius 2 is 1.52 bits per heavy atom. The quantitative estimate of drug-likeness (QED) is 0.803. The van der Waals surface area contributed by atoms with Crippen molar-refractivity contribution in [3.8, 4) is 23.0 Å². The number of methoxy groups -OCH3 is 3. The van der Waals surface area contributed by atoms with Crippen molar-refractivity contribution in [2.45, 2.75) is 31.7 Å². The Hall–Kier alpha value is -2.66. The molecule has 2 heterocycles. The molecule has 2 aromatic rings. The summed E-state index contributed by atoms with van der Waals surface area (Å²) >= 11 is 0. The first-order valence-corrected chi connectivity index (χ1v) is 10.1. The van der Waals surface area contributed by atoms with Crippen molar-refractivity contribution in [3.63, 3.8) is 0 Å². The summed E-state index contributed by atoms with van der Waals surface area (Å²) in [6.07, 6.45) is 3.36. The van der Waals surface area contributed by atoms with E-state index < -0.39 is 0 Å². The summed E-state index contributed by atoms with van der Waals surface area (Å²) in [7, 11) is 4.89. The normalized spacial score (nSPS) is 21.8. The summed E-state index contributed by atoms with van der Waals surface area (Å²) in [6.45, 7) is 4.36. The van der Waals surface area contributed by atoms with Crippen LogP contribution < -0.4 is 14.2 Å². The summed E-state index contributed by atoms with van der Waals surface area (Å²) in [5.41, 5.74) is 4.87. The molecule has 5 heteroatoms. The topological polar surface area (TPSA) is 51.2 Å². The maximum Gasteiger partial charge on any atom is 0.161 e. The van der Waals surface area contributed by atoms with Gasteiger partial charge in [-0.05, 0) is 79.3 Å². The van der Waals surface area contributed by atoms with Crippen molar-refractivity contribution in [1.29, 1.82) is 0 Å². The van der Waals surface area contributed by atoms with Gasteiger partial charge in [0.05, 0.1) is 21.3 Å². The summed E-state index contributed by atoms with van der Waals surface area (Å²) in [5.74, 6) is 2.11. The fourth-order valence-corrected chi connectivity index (χ4v) is 4.77. The lowest BCUT2D eigenvalue weighted by atomic mass is 9.79. The van der Waals surface area contributed by atoms with E-state index in [1.54, 1.807) is 21.3 Å². The fourth-order valence-electron chi connectivity index (χ4n) is 4.77. The monoisotopic (exact) mass is 395 g/mol. The standard InChI is InChI=1S/C24H29NO4/c1-24-10-5-11-25(24)15-19(17-7-9-22(28-3)23(13-17)29-4)18(14-24)16-6-8-21(27-2)20(26)12-16/h6-9,12-13,26H,5,10-11,14-15H2,1-4H3. The van der Waals surface area contributed by atoms with Crippen molar-refractivity contribution in [2.75, 3.05) is 34.4 Å². The van der Waals surface area contributed by atoms with Crippen LogP contribution in [0, 0.1) is 0 Å². The molecule has 4 rings (SSSR count). The third-order valence-corrected chi connectivity index (χ3v) is 6.44. The van der Waals surface area contributed by atoms with Gasteiger partial charge in [0.1, 0.15) is 0 Å². The summed E-state index contributed by atoms with van der Waals surface area (Å²) in [5, 5.41) is 10.4. The molecule has 0 aromatic heterocycles. The zero-order valence-corrected chi connectivity index (χ0v) is 17.6. The van der Waals surface area contributed by atoms with Gasteiger partial charge in [-0.3, -0.25) is 4.90 Å². The Kier molecular flexibility index (Phi) is 5.17. The molecule has 2 aliphatic rings. The van der Waals surface area contributed by atoms with E-state index in [1.165, 1.54) is 24.0 Å². The van der Waals surface area contributed by atoms with Crippen molar-refractivity contribution < 1.29 is 19.3 Å². The molecule has 1 atom stereocenters. The Labute approximate surface area is 172 Å². The van der Waals surface area contributed by atoms with Gasteiger partial charge >= 0.3 is 0 Å². The Morgan fingerprint density at radius 3 is 2.17 bits per heavy atom. The first-order chi connectivity index (χ1) is 14.0. The smallest absolute Gasteiger partial charge is 0.161 e. The fraction of sp³-hybridized carbons (Fsp3) is 0.417. The van der Waals surface area contributed by atoms with Crippen LogP contribution in [-0.4, -0.2) is 50.0 Å². The molecule has 2 aliphatic heterocycles. The molecular weight excluding hydrogens is 366 g/mol. The highest BCUT2D eigenvalue weighted by molar-refractivity contribution is 5.94. The second-order valence-corrected chi connectivity index (χ2v) is 8.11. The van der Waals surface area contributed by atoms with Gasteiger partial charge in [0.15, 0.2) is 23.0 Å². The highest BCUT2D eigenvalue weighted by atomic mass is 16.5. The molecule has 1 fully saturated rings. The molecule has 2 aromatic carbocycles. The second kappa shape index (κ2) is 7.64. The molecule has 0 radical (unpaired) electrons. The van der Waals surface area contributed by atoms with Crippen LogP contribution in [0.1, 0.15) is 37.3 Å². The molecule has 1 N–H and O–H groups in total. The Morgan fingerprint density at radius 1 is 0.862 bits per heavy atom. The number of aromatic hydroxyl groups is 1. The molecule has 0 bridgehead atoms. The van der Waals surface area contributed by atoms with Gasteiger partial charge in [-0.2, -0.15) is 0 Å². The van der Waals surface area contributed by atoms with Crippen LogP contribution in [0.15, 0.2) is 36.4 Å². The zero-order chi connectivity index (χ0) is 20.6. The minimum atomic E-state index is 0.158. The van der Waals surface area contributed by atoms with Gasteiger partial charge in [-0.1, -0.05) is 12.1 Å². The largest absolute Gasteiger partial charge is 0.504 e. The van der Waals surface area contributed by atoms with Crippen LogP contribution >= 0.6 is 0 Å². The molecule has 5 nitrogen and oxygen atoms in total. The van der Waals surface area contributed by atoms with E-state index in [2.05, 4.69) is 24.0 Å². The van der Waals surface area contributed by atoms with Gasteiger partial charge in [-0.25, -0.2) is 0 Å². The third kappa shape index (κ3) is 3.44. The van der Waals surface area contributed by atoms with E-state index in [4.69, 9.17) is 14.2 Å². The summed E-state index contributed by atoms with van der Waals surface area (Å²) < 4.78 is 16.2. The van der Waals surface area contributed by atoms with Gasteiger partial charge in [0.2, 0.25) is 0 Å². The molecule has 1 unspecified atom stereocenters. The zero-order valence-electron chi connectivity index (χ0n) is 17.6. The summed E-state index contributed by atoms with van der Waals surface area (Å²) in [4.78, 5) is 2.59. The van der Waals surface area contributed by atoms with E-state index >= 15 is 0 Å². The average molecular weight is 395 g/mol. The lowest BCUT2D eigenvalue weighted by molar-refractivity contribution is 0.175. The van der Waals surface area contributed by atoms with Crippen molar-refractivity contribution in [2.24, 2.45) is 0 Å². The SMILES string of the molecule is COc1ccc(C2=C(c3ccc(OC)c(OC)c3)CN3CCCC3(C)C2)cc1O. The van der Waals surface area contributed by atoms with Crippen LogP contribution in [0.3, 0.4) is 0 Å². The number of phenols is 1. The van der Waals surface area contributed by atoms with Crippen LogP contribution in [0.2, 0.25) is 0 Å². The first-order valence-electron chi connectivity index (χ1n) is 10.1. The number of ether oxygens (including phenoxy) is 3. The Bertz CT molecular complexity index is 952. The van der Waals surface area contributed by atoms with Gasteiger partial charge in [0.25, 0.3) is 0 Å². The maximum atomic E-state index is 10.4. The maximum absolute atomic E-state index is 10.4. The molecule has 1 saturated heterocycles. The predicted molar refractivity (Wildman–Crippen MR) is 115 cm³/mol. The highest BCUT2D eigenvalue weighted by Crippen LogP contribution is 2.47. The molecule has 0 amide bonds. The first kappa shape index (κ1) is 19.6. The van der Waals surface area contributed by atoms with Gasteiger partial charge in [-0.15, -0.1) is 0 Å². The predicted octanol–water partition coefficient (Wildman–Crippen LogP) is 4.59. The van der Waals surface area contributed by atoms with E-state index in [9.17, 15) is 5.11 Å². The number of benzene rings is 2. The van der Waals surface area contributed by atoms with Crippen LogP contribution in [0.5, 0.6) is 23.0 Å². The minimum Gasteiger partial charge on any atom is -0.504 e. The third-order valence-electron chi connectivity index (χ3n) is 6.44. The Balaban J connectivity index is 1.86. The van der Waals surface area contributed by atoms with E-state index in [0.29, 0.717) is 5.75 Å². The highest BCUT2D eigenvalue weighted by Gasteiger charge is 2.41. The van der Waals surface area contributed by atoms with Crippen LogP contribution in [-0.2, 0) is 0 Å². The van der Waals surface area contributed by atoms with Crippen molar-refractivity contribution in [1.82, 2.24) is 4.90 Å². The number of rotatable bonds is 5. The second-order valence-electron chi connectivity index (χ2n) is 8.11. The molecule has 0 spiro atoms. The van der Waals surface area contributed by atoms with E-state index in [1.807, 2.05) is 24.3 Å². The lowest BCUT2D eigenvalue weighted by Gasteiger charge is -2.42. The molecule has 0 saturated carbocycles. The van der Waals surface area contributed by atoms with Gasteiger partial charge in [0, 0.05) is 12.1 Å². The number of phenolic OH excluding ortho intramolecular Hbond substituents is 1. The van der Waals surface area contributed by atoms with Crippen molar-refractivity contribution in [3.05, 3.63) is 47.5 Å². The summed E-state index contributed by atoms with van der Waals surface area (Å²) in [6, 6.07) is 11.8. The average Bonchev–Trinajstić information content (AvgIpc) is 3.12. The number of fused-ring (bicyclic) bond motifs is 1. The lowest BCUT2D eigenvalue weighted by Crippen LogP contribution is -2.45. The van der Waals surface area contributed by atoms with Gasteiger partial charge < -0.3 is 19.3 Å². The van der Waals surface area contributed by atoms with Crippen LogP contribution in [0.25, 0.3) is 11.1 Å². The number of hydrogen-bond donors (Lipinski definition) is 1. The molecule has 0 aliphatic carbocycles. The van der Waals surface area contributed by atoms with E-state index in [-0.39, 0.29) is 11.3 Å².